The van der Waals surface area contributed by atoms with Gasteiger partial charge >= 0.3 is 0 Å². The Balaban J connectivity index is 1.65. The van der Waals surface area contributed by atoms with Crippen LogP contribution in [0.4, 0.5) is 0 Å². The van der Waals surface area contributed by atoms with Gasteiger partial charge in [-0.3, -0.25) is 14.8 Å². The SMILES string of the molecule is COc1cc2c(cc1-c1cccnc1)-c1c(-c3cncs3)c3c(n1CC2)C(=O)N(C(C)(C)C)CCCC3. The molecule has 190 valence electrons. The van der Waals surface area contributed by atoms with Crippen LogP contribution in [-0.2, 0) is 19.4 Å². The minimum atomic E-state index is -0.242. The Morgan fingerprint density at radius 2 is 1.86 bits per heavy atom. The van der Waals surface area contributed by atoms with Gasteiger partial charge in [-0.1, -0.05) is 6.07 Å². The third-order valence-corrected chi connectivity index (χ3v) is 8.41. The molecular formula is C30H32N4O2S. The quantitative estimate of drug-likeness (QED) is 0.315. The summed E-state index contributed by atoms with van der Waals surface area (Å²) in [6.45, 7) is 7.97. The highest BCUT2D eigenvalue weighted by molar-refractivity contribution is 7.13. The van der Waals surface area contributed by atoms with Crippen LogP contribution in [0.15, 0.2) is 48.4 Å². The molecule has 0 bridgehead atoms. The van der Waals surface area contributed by atoms with Crippen LogP contribution in [0.5, 0.6) is 5.75 Å². The number of fused-ring (bicyclic) bond motifs is 5. The van der Waals surface area contributed by atoms with Gasteiger partial charge in [0, 0.05) is 59.5 Å². The largest absolute Gasteiger partial charge is 0.496 e. The van der Waals surface area contributed by atoms with Crippen molar-refractivity contribution in [2.45, 2.75) is 58.5 Å². The summed E-state index contributed by atoms with van der Waals surface area (Å²) in [5.41, 5.74) is 10.4. The molecule has 0 N–H and O–H groups in total. The second-order valence-electron chi connectivity index (χ2n) is 10.9. The van der Waals surface area contributed by atoms with Gasteiger partial charge in [-0.05, 0) is 75.8 Å². The fraction of sp³-hybridized carbons (Fsp3) is 0.367. The second-order valence-corrected chi connectivity index (χ2v) is 11.7. The number of aryl methyl sites for hydroxylation is 1. The second kappa shape index (κ2) is 9.14. The third-order valence-electron chi connectivity index (χ3n) is 7.62. The van der Waals surface area contributed by atoms with Crippen LogP contribution in [0, 0.1) is 0 Å². The number of pyridine rings is 1. The van der Waals surface area contributed by atoms with Crippen LogP contribution in [0.2, 0.25) is 0 Å². The molecule has 1 amide bonds. The number of benzene rings is 1. The van der Waals surface area contributed by atoms with Crippen LogP contribution >= 0.6 is 11.3 Å². The number of thiazole rings is 1. The number of hydrogen-bond acceptors (Lipinski definition) is 5. The summed E-state index contributed by atoms with van der Waals surface area (Å²) in [4.78, 5) is 26.2. The normalized spacial score (nSPS) is 15.5. The summed E-state index contributed by atoms with van der Waals surface area (Å²) in [6, 6.07) is 8.42. The number of rotatable bonds is 3. The Hall–Kier alpha value is -3.45. The highest BCUT2D eigenvalue weighted by Gasteiger charge is 2.37. The first kappa shape index (κ1) is 23.9. The zero-order valence-electron chi connectivity index (χ0n) is 21.9. The van der Waals surface area contributed by atoms with E-state index in [1.54, 1.807) is 24.6 Å². The molecule has 37 heavy (non-hydrogen) atoms. The predicted octanol–water partition coefficient (Wildman–Crippen LogP) is 6.48. The van der Waals surface area contributed by atoms with E-state index in [1.165, 1.54) is 16.7 Å². The van der Waals surface area contributed by atoms with E-state index in [4.69, 9.17) is 4.74 Å². The van der Waals surface area contributed by atoms with Crippen LogP contribution in [0.25, 0.3) is 32.8 Å². The highest BCUT2D eigenvalue weighted by atomic mass is 32.1. The molecule has 3 aromatic heterocycles. The monoisotopic (exact) mass is 512 g/mol. The summed E-state index contributed by atoms with van der Waals surface area (Å²) < 4.78 is 8.14. The lowest BCUT2D eigenvalue weighted by molar-refractivity contribution is 0.0558. The number of carbonyl (C=O) groups is 1. The van der Waals surface area contributed by atoms with Gasteiger partial charge < -0.3 is 14.2 Å². The number of nitrogens with zero attached hydrogens (tertiary/aromatic N) is 4. The molecule has 0 aliphatic carbocycles. The molecule has 7 heteroatoms. The molecule has 1 aromatic carbocycles. The molecule has 0 saturated carbocycles. The van der Waals surface area contributed by atoms with Gasteiger partial charge in [-0.15, -0.1) is 11.3 Å². The van der Waals surface area contributed by atoms with Crippen molar-refractivity contribution in [2.75, 3.05) is 13.7 Å². The van der Waals surface area contributed by atoms with Crippen LogP contribution in [0.3, 0.4) is 0 Å². The van der Waals surface area contributed by atoms with E-state index < -0.39 is 0 Å². The van der Waals surface area contributed by atoms with Crippen LogP contribution in [0.1, 0.15) is 55.2 Å². The Morgan fingerprint density at radius 3 is 2.57 bits per heavy atom. The van der Waals surface area contributed by atoms with Crippen molar-refractivity contribution in [1.29, 1.82) is 0 Å². The number of methoxy groups -OCH3 is 1. The van der Waals surface area contributed by atoms with E-state index >= 15 is 0 Å². The van der Waals surface area contributed by atoms with Gasteiger partial charge in [0.15, 0.2) is 0 Å². The Labute approximate surface area is 222 Å². The van der Waals surface area contributed by atoms with E-state index in [0.29, 0.717) is 0 Å². The van der Waals surface area contributed by atoms with Gasteiger partial charge in [0.05, 0.1) is 23.2 Å². The van der Waals surface area contributed by atoms with Gasteiger partial charge in [0.2, 0.25) is 0 Å². The molecule has 4 aromatic rings. The van der Waals surface area contributed by atoms with Gasteiger partial charge in [-0.25, -0.2) is 0 Å². The number of carbonyl (C=O) groups excluding carboxylic acids is 1. The summed E-state index contributed by atoms with van der Waals surface area (Å²) in [7, 11) is 1.72. The Bertz CT molecular complexity index is 1470. The molecule has 2 aliphatic heterocycles. The van der Waals surface area contributed by atoms with E-state index in [2.05, 4.69) is 58.4 Å². The van der Waals surface area contributed by atoms with E-state index in [9.17, 15) is 4.79 Å². The van der Waals surface area contributed by atoms with Crippen molar-refractivity contribution < 1.29 is 9.53 Å². The fourth-order valence-electron chi connectivity index (χ4n) is 5.91. The molecule has 6 nitrogen and oxygen atoms in total. The van der Waals surface area contributed by atoms with Crippen molar-refractivity contribution in [3.05, 3.63) is 65.2 Å². The van der Waals surface area contributed by atoms with Crippen LogP contribution in [-0.4, -0.2) is 44.5 Å². The van der Waals surface area contributed by atoms with E-state index in [1.807, 2.05) is 24.0 Å². The van der Waals surface area contributed by atoms with E-state index in [0.717, 1.165) is 77.5 Å². The molecule has 0 fully saturated rings. The fourth-order valence-corrected chi connectivity index (χ4v) is 6.60. The molecule has 0 spiro atoms. The Kier molecular flexibility index (Phi) is 5.91. The first-order chi connectivity index (χ1) is 17.9. The molecule has 5 heterocycles. The smallest absolute Gasteiger partial charge is 0.271 e. The maximum atomic E-state index is 14.3. The van der Waals surface area contributed by atoms with Gasteiger partial charge in [0.1, 0.15) is 11.4 Å². The van der Waals surface area contributed by atoms with Crippen LogP contribution < -0.4 is 4.74 Å². The summed E-state index contributed by atoms with van der Waals surface area (Å²) in [6.07, 6.45) is 9.41. The topological polar surface area (TPSA) is 60.3 Å². The number of ether oxygens (including phenoxy) is 1. The standard InChI is InChI=1S/C30H32N4O2S/c1-30(2,3)34-12-6-5-9-21-26(25-17-32-18-37-25)27-23-15-22(20-8-7-11-31-16-20)24(36-4)14-19(23)10-13-33(27)28(21)29(34)35/h7-8,11,14-18H,5-6,9-10,12-13H2,1-4H3. The summed E-state index contributed by atoms with van der Waals surface area (Å²) >= 11 is 1.64. The molecular weight excluding hydrogens is 480 g/mol. The highest BCUT2D eigenvalue weighted by Crippen LogP contribution is 2.48. The van der Waals surface area contributed by atoms with Crippen molar-refractivity contribution in [2.24, 2.45) is 0 Å². The number of amides is 1. The zero-order chi connectivity index (χ0) is 25.7. The lowest BCUT2D eigenvalue weighted by Gasteiger charge is -2.37. The van der Waals surface area contributed by atoms with Gasteiger partial charge in [0.25, 0.3) is 5.91 Å². The maximum Gasteiger partial charge on any atom is 0.271 e. The van der Waals surface area contributed by atoms with Crippen molar-refractivity contribution in [3.8, 4) is 38.6 Å². The zero-order valence-corrected chi connectivity index (χ0v) is 22.7. The lowest BCUT2D eigenvalue weighted by Crippen LogP contribution is -2.47. The molecule has 2 aliphatic rings. The molecule has 0 radical (unpaired) electrons. The van der Waals surface area contributed by atoms with E-state index in [-0.39, 0.29) is 11.4 Å². The summed E-state index contributed by atoms with van der Waals surface area (Å²) in [5.74, 6) is 0.989. The van der Waals surface area contributed by atoms with Crippen molar-refractivity contribution in [3.63, 3.8) is 0 Å². The minimum Gasteiger partial charge on any atom is -0.496 e. The van der Waals surface area contributed by atoms with Crippen molar-refractivity contribution >= 4 is 17.2 Å². The molecule has 0 atom stereocenters. The molecule has 0 unspecified atom stereocenters. The Morgan fingerprint density at radius 1 is 1.00 bits per heavy atom. The van der Waals surface area contributed by atoms with Crippen molar-refractivity contribution in [1.82, 2.24) is 19.4 Å². The molecule has 0 saturated heterocycles. The number of hydrogen-bond donors (Lipinski definition) is 0. The van der Waals surface area contributed by atoms with Gasteiger partial charge in [-0.2, -0.15) is 0 Å². The summed E-state index contributed by atoms with van der Waals surface area (Å²) in [5, 5.41) is 0. The predicted molar refractivity (Wildman–Crippen MR) is 148 cm³/mol. The average Bonchev–Trinajstić information content (AvgIpc) is 3.52. The first-order valence-electron chi connectivity index (χ1n) is 13.0. The minimum absolute atomic E-state index is 0.142. The maximum absolute atomic E-state index is 14.3. The average molecular weight is 513 g/mol. The number of aromatic nitrogens is 3. The third kappa shape index (κ3) is 3.96. The first-order valence-corrected chi connectivity index (χ1v) is 13.8. The molecule has 6 rings (SSSR count). The lowest BCUT2D eigenvalue weighted by atomic mass is 9.90.